The van der Waals surface area contributed by atoms with Crippen LogP contribution in [0.5, 0.6) is 0 Å². The van der Waals surface area contributed by atoms with Gasteiger partial charge in [0.1, 0.15) is 29.1 Å². The van der Waals surface area contributed by atoms with Crippen LogP contribution in [0.2, 0.25) is 0 Å². The molecule has 1 saturated heterocycles. The fraction of sp³-hybridized carbons (Fsp3) is 1.00. The van der Waals surface area contributed by atoms with Crippen molar-refractivity contribution in [3.8, 4) is 0 Å². The second-order valence-corrected chi connectivity index (χ2v) is 45.0. The minimum Gasteiger partial charge on any atom is -0.373 e. The molecule has 0 radical (unpaired) electrons. The molecule has 1 nitrogen and oxygen atoms in total. The Morgan fingerprint density at radius 3 is 0.857 bits per heavy atom. The highest BCUT2D eigenvalue weighted by molar-refractivity contribution is 9.42. The van der Waals surface area contributed by atoms with Crippen LogP contribution in [0.15, 0.2) is 0 Å². The molecule has 0 aromatic heterocycles. The molecule has 1 heterocycles. The summed E-state index contributed by atoms with van der Waals surface area (Å²) in [6.45, 7) is 0.707. The van der Waals surface area contributed by atoms with Gasteiger partial charge >= 0.3 is 0 Å². The maximum Gasteiger partial charge on any atom is 0.162 e. The van der Waals surface area contributed by atoms with E-state index in [1.165, 1.54) is 0 Å². The lowest BCUT2D eigenvalue weighted by molar-refractivity contribution is 0.387. The molecule has 1 rings (SSSR count). The van der Waals surface area contributed by atoms with E-state index in [1.54, 1.807) is 0 Å². The number of epoxide rings is 1. The molecule has 210 valence electrons. The molecule has 1 unspecified atom stereocenters. The van der Waals surface area contributed by atoms with Gasteiger partial charge in [-0.1, -0.05) is 335 Å². The summed E-state index contributed by atoms with van der Waals surface area (Å²) in [6, 6.07) is 0. The summed E-state index contributed by atoms with van der Waals surface area (Å²) >= 11 is 80.7. The van der Waals surface area contributed by atoms with Crippen molar-refractivity contribution in [1.82, 2.24) is 0 Å². The molecule has 1 aliphatic heterocycles. The number of alkyl halides is 21. The van der Waals surface area contributed by atoms with Crippen LogP contribution in [0, 0.1) is 0 Å². The lowest BCUT2D eigenvalue weighted by atomic mass is 10.0. The van der Waals surface area contributed by atoms with Gasteiger partial charge in [-0.15, -0.1) is 0 Å². The summed E-state index contributed by atoms with van der Waals surface area (Å²) in [5, 5.41) is 0. The molecule has 0 N–H and O–H groups in total. The van der Waals surface area contributed by atoms with E-state index >= 15 is 0 Å². The van der Waals surface area contributed by atoms with E-state index in [0.717, 1.165) is 0 Å². The van der Waals surface area contributed by atoms with Crippen molar-refractivity contribution in [1.29, 1.82) is 0 Å². The van der Waals surface area contributed by atoms with Crippen molar-refractivity contribution >= 4 is 335 Å². The first-order valence-electron chi connectivity index (χ1n) is 7.91. The van der Waals surface area contributed by atoms with Crippen LogP contribution in [0.1, 0.15) is 6.42 Å². The number of ether oxygens (including phenoxy) is 1. The van der Waals surface area contributed by atoms with Crippen LogP contribution in [-0.4, -0.2) is 44.0 Å². The summed E-state index contributed by atoms with van der Waals surface area (Å²) < 4.78 is -4.12. The van der Waals surface area contributed by atoms with Crippen molar-refractivity contribution in [2.75, 3.05) is 6.61 Å². The smallest absolute Gasteiger partial charge is 0.162 e. The third-order valence-electron chi connectivity index (χ3n) is 4.46. The van der Waals surface area contributed by atoms with E-state index in [0.29, 0.717) is 13.0 Å². The predicted molar refractivity (Wildman–Crippen MR) is 229 cm³/mol. The molecule has 1 atom stereocenters. The third-order valence-corrected chi connectivity index (χ3v) is 47.5. The number of hydrogen-bond donors (Lipinski definition) is 0. The zero-order valence-electron chi connectivity index (χ0n) is 15.3. The standard InChI is InChI=1S/C13H5Br21O/c14-4(15,1-3-2-35-3)5(16,17)6(18,19)7(20,21)8(22,23)9(24,25)10(26,27)11(28,29)12(30,31)13(32,33)34/h3H,1-2H2. The van der Waals surface area contributed by atoms with Crippen LogP contribution in [-0.2, 0) is 4.74 Å². The predicted octanol–water partition coefficient (Wildman–Crippen LogP) is 16.0. The molecule has 35 heavy (non-hydrogen) atoms. The molecule has 0 aromatic rings. The summed E-state index contributed by atoms with van der Waals surface area (Å²) in [7, 11) is 0. The summed E-state index contributed by atoms with van der Waals surface area (Å²) in [4.78, 5) is 0. The van der Waals surface area contributed by atoms with Gasteiger partial charge in [-0.3, -0.25) is 0 Å². The Morgan fingerprint density at radius 2 is 0.629 bits per heavy atom. The maximum absolute atomic E-state index is 5.47. The quantitative estimate of drug-likeness (QED) is 0.157. The largest absolute Gasteiger partial charge is 0.373 e. The lowest BCUT2D eigenvalue weighted by Gasteiger charge is -2.59. The lowest BCUT2D eigenvalue weighted by Crippen LogP contribution is -2.70. The maximum atomic E-state index is 5.47. The van der Waals surface area contributed by atoms with Crippen molar-refractivity contribution < 1.29 is 4.74 Å². The topological polar surface area (TPSA) is 12.5 Å². The Balaban J connectivity index is 3.68. The average molecular weight is 1860 g/mol. The zero-order valence-corrected chi connectivity index (χ0v) is 48.6. The van der Waals surface area contributed by atoms with Gasteiger partial charge in [-0.05, 0) is 0 Å². The van der Waals surface area contributed by atoms with E-state index in [-0.39, 0.29) is 6.10 Å². The minimum absolute atomic E-state index is 0.132. The van der Waals surface area contributed by atoms with Crippen LogP contribution in [0.3, 0.4) is 0 Å². The Bertz CT molecular complexity index is 788. The highest BCUT2D eigenvalue weighted by Gasteiger charge is 2.79. The van der Waals surface area contributed by atoms with E-state index in [1.807, 2.05) is 0 Å². The number of hydrogen-bond acceptors (Lipinski definition) is 1. The molecule has 1 fully saturated rings. The molecule has 0 aromatic carbocycles. The van der Waals surface area contributed by atoms with E-state index in [2.05, 4.69) is 335 Å². The molecular weight excluding hydrogens is 1850 g/mol. The van der Waals surface area contributed by atoms with Crippen molar-refractivity contribution in [2.45, 2.75) is 43.8 Å². The number of rotatable bonds is 10. The first-order valence-corrected chi connectivity index (χ1v) is 24.6. The molecular formula is C13H5Br21O. The summed E-state index contributed by atoms with van der Waals surface area (Å²) in [5.74, 6) is 0. The molecule has 22 heteroatoms. The monoisotopic (exact) mass is 1830 g/mol. The zero-order chi connectivity index (χ0) is 28.7. The highest BCUT2D eigenvalue weighted by atomic mass is 80.0. The Hall–Kier alpha value is 10.0. The molecule has 0 aliphatic carbocycles. The normalized spacial score (nSPS) is 20.3. The van der Waals surface area contributed by atoms with Gasteiger partial charge < -0.3 is 4.74 Å². The first kappa shape index (κ1) is 43.1. The van der Waals surface area contributed by atoms with Crippen LogP contribution in [0.4, 0.5) is 0 Å². The first-order chi connectivity index (χ1) is 14.8. The third kappa shape index (κ3) is 7.94. The second kappa shape index (κ2) is 14.1. The minimum atomic E-state index is -1.09. The number of halogens is 21. The second-order valence-electron chi connectivity index (χ2n) is 6.96. The fourth-order valence-corrected chi connectivity index (χ4v) is 22.2. The van der Waals surface area contributed by atoms with E-state index < -0.39 is 31.2 Å². The van der Waals surface area contributed by atoms with Gasteiger partial charge in [0, 0.05) is 6.42 Å². The van der Waals surface area contributed by atoms with Crippen LogP contribution in [0.25, 0.3) is 0 Å². The fourth-order valence-electron chi connectivity index (χ4n) is 2.19. The van der Waals surface area contributed by atoms with Crippen molar-refractivity contribution in [2.24, 2.45) is 0 Å². The molecule has 0 bridgehead atoms. The molecule has 0 amide bonds. The van der Waals surface area contributed by atoms with Crippen molar-refractivity contribution in [3.05, 3.63) is 0 Å². The van der Waals surface area contributed by atoms with E-state index in [9.17, 15) is 0 Å². The van der Waals surface area contributed by atoms with Crippen molar-refractivity contribution in [3.63, 3.8) is 0 Å². The van der Waals surface area contributed by atoms with Gasteiger partial charge in [0.25, 0.3) is 0 Å². The average Bonchev–Trinajstić information content (AvgIpc) is 3.42. The Morgan fingerprint density at radius 1 is 0.400 bits per heavy atom. The van der Waals surface area contributed by atoms with Gasteiger partial charge in [-0.2, -0.15) is 0 Å². The van der Waals surface area contributed by atoms with Gasteiger partial charge in [0.2, 0.25) is 0 Å². The Labute approximate surface area is 380 Å². The van der Waals surface area contributed by atoms with Crippen LogP contribution < -0.4 is 0 Å². The van der Waals surface area contributed by atoms with E-state index in [4.69, 9.17) is 4.74 Å². The summed E-state index contributed by atoms with van der Waals surface area (Å²) in [5.41, 5.74) is 0. The highest BCUT2D eigenvalue weighted by Crippen LogP contribution is 2.80. The summed E-state index contributed by atoms with van der Waals surface area (Å²) in [6.07, 6.45) is 0.795. The SMILES string of the molecule is BrC(Br)(Br)C(Br)(Br)C(Br)(Br)C(Br)(Br)C(Br)(Br)C(Br)(Br)C(Br)(Br)C(Br)(Br)C(Br)(Br)C(Br)(Br)CC1CO1. The molecule has 0 saturated carbocycles. The molecule has 1 aliphatic rings. The van der Waals surface area contributed by atoms with Gasteiger partial charge in [-0.25, -0.2) is 0 Å². The van der Waals surface area contributed by atoms with Crippen LogP contribution >= 0.6 is 335 Å². The molecule has 0 spiro atoms. The van der Waals surface area contributed by atoms with Gasteiger partial charge in [0.15, 0.2) is 2.14 Å². The van der Waals surface area contributed by atoms with Gasteiger partial charge in [0.05, 0.1) is 12.7 Å². The Kier molecular flexibility index (Phi) is 17.4.